The van der Waals surface area contributed by atoms with Crippen molar-refractivity contribution >= 4 is 16.2 Å². The molecule has 0 spiro atoms. The van der Waals surface area contributed by atoms with Crippen LogP contribution in [0.15, 0.2) is 0 Å². The number of rotatable bonds is 4. The molecule has 0 unspecified atom stereocenters. The van der Waals surface area contributed by atoms with Crippen molar-refractivity contribution in [1.82, 2.24) is 9.03 Å². The quantitative estimate of drug-likeness (QED) is 0.744. The first-order valence-electron chi connectivity index (χ1n) is 5.36. The fourth-order valence-corrected chi connectivity index (χ4v) is 3.44. The highest BCUT2D eigenvalue weighted by Crippen LogP contribution is 2.20. The maximum Gasteiger partial charge on any atom is 0.322 e. The predicted octanol–water partition coefficient (Wildman–Crippen LogP) is 0.168. The smallest absolute Gasteiger partial charge is 0.322 e. The number of aliphatic carboxylic acids is 1. The van der Waals surface area contributed by atoms with Crippen LogP contribution in [0, 0.1) is 0 Å². The van der Waals surface area contributed by atoms with Gasteiger partial charge in [0.15, 0.2) is 0 Å². The summed E-state index contributed by atoms with van der Waals surface area (Å²) in [5, 5.41) is 8.97. The van der Waals surface area contributed by atoms with E-state index in [4.69, 9.17) is 5.11 Å². The van der Waals surface area contributed by atoms with Gasteiger partial charge in [-0.3, -0.25) is 4.79 Å². The number of carboxylic acid groups (broad SMARTS) is 1. The van der Waals surface area contributed by atoms with Crippen molar-refractivity contribution < 1.29 is 18.3 Å². The fourth-order valence-electron chi connectivity index (χ4n) is 1.81. The van der Waals surface area contributed by atoms with Crippen LogP contribution in [0.3, 0.4) is 0 Å². The van der Waals surface area contributed by atoms with Gasteiger partial charge in [0, 0.05) is 12.6 Å². The summed E-state index contributed by atoms with van der Waals surface area (Å²) < 4.78 is 27.2. The number of carboxylic acids is 1. The molecule has 0 saturated carbocycles. The molecule has 0 bridgehead atoms. The van der Waals surface area contributed by atoms with E-state index in [-0.39, 0.29) is 12.6 Å². The van der Waals surface area contributed by atoms with Gasteiger partial charge in [-0.1, -0.05) is 0 Å². The van der Waals surface area contributed by atoms with Gasteiger partial charge in [-0.2, -0.15) is 17.4 Å². The first-order chi connectivity index (χ1) is 7.34. The Balaban J connectivity index is 2.86. The third-order valence-corrected chi connectivity index (χ3v) is 4.26. The third kappa shape index (κ3) is 3.16. The summed E-state index contributed by atoms with van der Waals surface area (Å²) in [5.41, 5.74) is 0. The molecule has 0 aromatic heterocycles. The number of nitrogens with zero attached hydrogens (tertiary/aromatic N) is 1. The van der Waals surface area contributed by atoms with Gasteiger partial charge in [0.1, 0.15) is 6.04 Å². The van der Waals surface area contributed by atoms with Gasteiger partial charge in [0.25, 0.3) is 10.2 Å². The Kier molecular flexibility index (Phi) is 4.28. The minimum atomic E-state index is -3.67. The monoisotopic (exact) mass is 250 g/mol. The predicted molar refractivity (Wildman–Crippen MR) is 59.2 cm³/mol. The summed E-state index contributed by atoms with van der Waals surface area (Å²) in [6.45, 7) is 3.69. The molecule has 1 heterocycles. The van der Waals surface area contributed by atoms with E-state index in [1.807, 2.05) is 0 Å². The summed E-state index contributed by atoms with van der Waals surface area (Å²) in [7, 11) is -3.67. The zero-order valence-corrected chi connectivity index (χ0v) is 10.3. The van der Waals surface area contributed by atoms with E-state index in [2.05, 4.69) is 4.72 Å². The highest BCUT2D eigenvalue weighted by molar-refractivity contribution is 7.87. The molecule has 0 aliphatic carbocycles. The summed E-state index contributed by atoms with van der Waals surface area (Å²) >= 11 is 0. The van der Waals surface area contributed by atoms with Crippen molar-refractivity contribution in [3.8, 4) is 0 Å². The van der Waals surface area contributed by atoms with Crippen LogP contribution >= 0.6 is 0 Å². The average Bonchev–Trinajstić information content (AvgIpc) is 2.15. The lowest BCUT2D eigenvalue weighted by Crippen LogP contribution is -2.53. The molecule has 1 atom stereocenters. The van der Waals surface area contributed by atoms with Gasteiger partial charge in [-0.25, -0.2) is 0 Å². The van der Waals surface area contributed by atoms with Gasteiger partial charge in [0.05, 0.1) is 0 Å². The Hall–Kier alpha value is -0.660. The second-order valence-corrected chi connectivity index (χ2v) is 5.89. The van der Waals surface area contributed by atoms with E-state index in [9.17, 15) is 13.2 Å². The maximum absolute atomic E-state index is 11.9. The number of piperidine rings is 1. The lowest BCUT2D eigenvalue weighted by molar-refractivity contribution is -0.142. The first kappa shape index (κ1) is 13.4. The van der Waals surface area contributed by atoms with Crippen LogP contribution in [0.5, 0.6) is 0 Å². The summed E-state index contributed by atoms with van der Waals surface area (Å²) in [6.07, 6.45) is 1.85. The molecule has 1 fully saturated rings. The SMILES string of the molecule is CC(C)NS(=O)(=O)N1CCCC[C@@H]1C(=O)O. The van der Waals surface area contributed by atoms with Crippen molar-refractivity contribution in [3.05, 3.63) is 0 Å². The van der Waals surface area contributed by atoms with Crippen LogP contribution in [-0.4, -0.2) is 42.4 Å². The number of hydrogen-bond donors (Lipinski definition) is 2. The normalized spacial score (nSPS) is 23.6. The van der Waals surface area contributed by atoms with Crippen LogP contribution in [0.1, 0.15) is 33.1 Å². The van der Waals surface area contributed by atoms with Crippen LogP contribution in [0.25, 0.3) is 0 Å². The third-order valence-electron chi connectivity index (χ3n) is 2.43. The largest absolute Gasteiger partial charge is 0.480 e. The van der Waals surface area contributed by atoms with Crippen LogP contribution < -0.4 is 4.72 Å². The minimum absolute atomic E-state index is 0.235. The van der Waals surface area contributed by atoms with E-state index in [1.165, 1.54) is 0 Å². The molecule has 2 N–H and O–H groups in total. The van der Waals surface area contributed by atoms with Crippen molar-refractivity contribution in [2.24, 2.45) is 0 Å². The highest BCUT2D eigenvalue weighted by Gasteiger charge is 2.36. The van der Waals surface area contributed by atoms with Gasteiger partial charge in [0.2, 0.25) is 0 Å². The second-order valence-electron chi connectivity index (χ2n) is 4.24. The molecule has 0 aromatic rings. The second kappa shape index (κ2) is 5.11. The van der Waals surface area contributed by atoms with E-state index in [0.29, 0.717) is 12.8 Å². The summed E-state index contributed by atoms with van der Waals surface area (Å²) in [5.74, 6) is -1.08. The van der Waals surface area contributed by atoms with E-state index in [0.717, 1.165) is 10.7 Å². The number of carbonyl (C=O) groups is 1. The van der Waals surface area contributed by atoms with Crippen LogP contribution in [0.2, 0.25) is 0 Å². The zero-order valence-electron chi connectivity index (χ0n) is 9.51. The standard InChI is InChI=1S/C9H18N2O4S/c1-7(2)10-16(14,15)11-6-4-3-5-8(11)9(12)13/h7-8,10H,3-6H2,1-2H3,(H,12,13)/t8-/m1/s1. The van der Waals surface area contributed by atoms with Gasteiger partial charge >= 0.3 is 5.97 Å². The Bertz CT molecular complexity index is 353. The molecular formula is C9H18N2O4S. The fraction of sp³-hybridized carbons (Fsp3) is 0.889. The Morgan fingerprint density at radius 2 is 2.06 bits per heavy atom. The van der Waals surface area contributed by atoms with Crippen molar-refractivity contribution in [1.29, 1.82) is 0 Å². The zero-order chi connectivity index (χ0) is 12.3. The van der Waals surface area contributed by atoms with Crippen LogP contribution in [-0.2, 0) is 15.0 Å². The molecular weight excluding hydrogens is 232 g/mol. The molecule has 94 valence electrons. The van der Waals surface area contributed by atoms with Gasteiger partial charge in [-0.15, -0.1) is 0 Å². The van der Waals surface area contributed by atoms with Gasteiger partial charge < -0.3 is 5.11 Å². The molecule has 0 radical (unpaired) electrons. The highest BCUT2D eigenvalue weighted by atomic mass is 32.2. The molecule has 0 amide bonds. The Morgan fingerprint density at radius 1 is 1.44 bits per heavy atom. The molecule has 0 aromatic carbocycles. The molecule has 1 aliphatic rings. The lowest BCUT2D eigenvalue weighted by Gasteiger charge is -2.32. The molecule has 16 heavy (non-hydrogen) atoms. The summed E-state index contributed by atoms with van der Waals surface area (Å²) in [6, 6.07) is -1.16. The molecule has 1 aliphatic heterocycles. The van der Waals surface area contributed by atoms with Crippen LogP contribution in [0.4, 0.5) is 0 Å². The van der Waals surface area contributed by atoms with E-state index in [1.54, 1.807) is 13.8 Å². The van der Waals surface area contributed by atoms with E-state index < -0.39 is 22.2 Å². The topological polar surface area (TPSA) is 86.7 Å². The molecule has 1 rings (SSSR count). The Morgan fingerprint density at radius 3 is 2.56 bits per heavy atom. The lowest BCUT2D eigenvalue weighted by atomic mass is 10.1. The number of nitrogens with one attached hydrogen (secondary N) is 1. The van der Waals surface area contributed by atoms with Crippen molar-refractivity contribution in [3.63, 3.8) is 0 Å². The average molecular weight is 250 g/mol. The number of hydrogen-bond acceptors (Lipinski definition) is 3. The summed E-state index contributed by atoms with van der Waals surface area (Å²) in [4.78, 5) is 11.0. The first-order valence-corrected chi connectivity index (χ1v) is 6.80. The van der Waals surface area contributed by atoms with E-state index >= 15 is 0 Å². The molecule has 7 heteroatoms. The van der Waals surface area contributed by atoms with Gasteiger partial charge in [-0.05, 0) is 33.1 Å². The van der Waals surface area contributed by atoms with Crippen molar-refractivity contribution in [2.75, 3.05) is 6.54 Å². The van der Waals surface area contributed by atoms with Crippen molar-refractivity contribution in [2.45, 2.75) is 45.2 Å². The maximum atomic E-state index is 11.9. The molecule has 1 saturated heterocycles. The Labute approximate surface area is 95.8 Å². The molecule has 6 nitrogen and oxygen atoms in total. The minimum Gasteiger partial charge on any atom is -0.480 e.